The fraction of sp³-hybridized carbons (Fsp3) is 0.318. The number of hydrogen-bond donors (Lipinski definition) is 1. The molecule has 6 heteroatoms. The molecule has 0 saturated heterocycles. The monoisotopic (exact) mass is 376 g/mol. The maximum atomic E-state index is 12.9. The molecule has 0 fully saturated rings. The molecule has 144 valence electrons. The molecule has 6 nitrogen and oxygen atoms in total. The Morgan fingerprint density at radius 3 is 3.11 bits per heavy atom. The summed E-state index contributed by atoms with van der Waals surface area (Å²) in [6, 6.07) is 7.89. The molecule has 1 aromatic carbocycles. The summed E-state index contributed by atoms with van der Waals surface area (Å²) in [6.45, 7) is 2.75. The highest BCUT2D eigenvalue weighted by molar-refractivity contribution is 5.96. The van der Waals surface area contributed by atoms with Crippen LogP contribution in [0.5, 0.6) is 5.75 Å². The number of fused-ring (bicyclic) bond motifs is 2. The maximum absolute atomic E-state index is 12.9. The summed E-state index contributed by atoms with van der Waals surface area (Å²) in [5, 5.41) is 7.33. The molecule has 0 radical (unpaired) electrons. The number of hydrogen-bond acceptors (Lipinski definition) is 4. The minimum atomic E-state index is -0.139. The van der Waals surface area contributed by atoms with Crippen molar-refractivity contribution in [3.05, 3.63) is 59.4 Å². The average molecular weight is 376 g/mol. The molecule has 0 saturated carbocycles. The third kappa shape index (κ3) is 3.63. The van der Waals surface area contributed by atoms with Gasteiger partial charge in [-0.25, -0.2) is 0 Å². The Morgan fingerprint density at radius 1 is 1.36 bits per heavy atom. The molecular formula is C22H24N4O2. The van der Waals surface area contributed by atoms with Crippen LogP contribution in [0.25, 0.3) is 17.1 Å². The molecule has 1 unspecified atom stereocenters. The largest absolute Gasteiger partial charge is 0.493 e. The second-order valence-corrected chi connectivity index (χ2v) is 7.05. The number of carbonyl (C=O) groups is 1. The van der Waals surface area contributed by atoms with E-state index in [2.05, 4.69) is 46.6 Å². The first-order chi connectivity index (χ1) is 13.7. The molecule has 1 atom stereocenters. The molecule has 1 aliphatic heterocycles. The number of benzene rings is 1. The highest BCUT2D eigenvalue weighted by Gasteiger charge is 2.24. The Hall–Kier alpha value is -3.15. The molecule has 0 bridgehead atoms. The first kappa shape index (κ1) is 18.2. The van der Waals surface area contributed by atoms with E-state index >= 15 is 0 Å². The quantitative estimate of drug-likeness (QED) is 0.730. The first-order valence-corrected chi connectivity index (χ1v) is 9.67. The third-order valence-electron chi connectivity index (χ3n) is 5.01. The Balaban J connectivity index is 1.57. The van der Waals surface area contributed by atoms with E-state index in [-0.39, 0.29) is 11.9 Å². The normalized spacial score (nSPS) is 16.1. The number of pyridine rings is 1. The molecule has 4 rings (SSSR count). The van der Waals surface area contributed by atoms with Crippen LogP contribution in [0.1, 0.15) is 53.7 Å². The lowest BCUT2D eigenvalue weighted by molar-refractivity contribution is 0.0924. The Bertz CT molecular complexity index is 1040. The summed E-state index contributed by atoms with van der Waals surface area (Å²) >= 11 is 0. The van der Waals surface area contributed by atoms with Crippen molar-refractivity contribution >= 4 is 23.0 Å². The smallest absolute Gasteiger partial charge is 0.253 e. The van der Waals surface area contributed by atoms with E-state index in [0.29, 0.717) is 12.2 Å². The number of aryl methyl sites for hydroxylation is 1. The summed E-state index contributed by atoms with van der Waals surface area (Å²) in [5.41, 5.74) is 4.29. The van der Waals surface area contributed by atoms with Crippen LogP contribution in [0.3, 0.4) is 0 Å². The van der Waals surface area contributed by atoms with Gasteiger partial charge in [0.05, 0.1) is 29.9 Å². The Morgan fingerprint density at radius 2 is 2.25 bits per heavy atom. The summed E-state index contributed by atoms with van der Waals surface area (Å²) in [6.07, 6.45) is 10.5. The topological polar surface area (TPSA) is 69.0 Å². The van der Waals surface area contributed by atoms with E-state index in [1.807, 2.05) is 19.2 Å². The lowest BCUT2D eigenvalue weighted by Gasteiger charge is -2.27. The van der Waals surface area contributed by atoms with Crippen LogP contribution < -0.4 is 10.1 Å². The van der Waals surface area contributed by atoms with Crippen molar-refractivity contribution in [3.63, 3.8) is 0 Å². The third-order valence-corrected chi connectivity index (χ3v) is 5.01. The van der Waals surface area contributed by atoms with E-state index in [9.17, 15) is 4.79 Å². The zero-order chi connectivity index (χ0) is 19.5. The summed E-state index contributed by atoms with van der Waals surface area (Å²) < 4.78 is 7.51. The number of ether oxygens (including phenoxy) is 1. The van der Waals surface area contributed by atoms with E-state index in [1.54, 1.807) is 17.1 Å². The fourth-order valence-electron chi connectivity index (χ4n) is 3.44. The number of allylic oxidation sites excluding steroid dienone is 1. The predicted octanol–water partition coefficient (Wildman–Crippen LogP) is 4.04. The molecule has 28 heavy (non-hydrogen) atoms. The minimum Gasteiger partial charge on any atom is -0.493 e. The van der Waals surface area contributed by atoms with Gasteiger partial charge < -0.3 is 10.1 Å². The number of nitrogens with zero attached hydrogens (tertiary/aromatic N) is 3. The lowest BCUT2D eigenvalue weighted by atomic mass is 9.97. The van der Waals surface area contributed by atoms with E-state index in [1.165, 1.54) is 0 Å². The van der Waals surface area contributed by atoms with Gasteiger partial charge in [-0.05, 0) is 30.2 Å². The SMILES string of the molecule is CCC/C=C/c1ccc2c(c1)C(NC(=O)c1cnc3cnn(C)c3c1)CCO2. The van der Waals surface area contributed by atoms with Crippen LogP contribution in [-0.4, -0.2) is 27.3 Å². The summed E-state index contributed by atoms with van der Waals surface area (Å²) in [7, 11) is 1.84. The second kappa shape index (κ2) is 7.84. The molecule has 0 spiro atoms. The van der Waals surface area contributed by atoms with Crippen molar-refractivity contribution in [2.45, 2.75) is 32.2 Å². The van der Waals surface area contributed by atoms with Gasteiger partial charge in [0.2, 0.25) is 0 Å². The predicted molar refractivity (Wildman–Crippen MR) is 109 cm³/mol. The zero-order valence-electron chi connectivity index (χ0n) is 16.2. The van der Waals surface area contributed by atoms with Gasteiger partial charge in [-0.3, -0.25) is 14.5 Å². The van der Waals surface area contributed by atoms with E-state index < -0.39 is 0 Å². The zero-order valence-corrected chi connectivity index (χ0v) is 16.2. The highest BCUT2D eigenvalue weighted by atomic mass is 16.5. The van der Waals surface area contributed by atoms with Gasteiger partial charge in [0.1, 0.15) is 11.3 Å². The number of carbonyl (C=O) groups excluding carboxylic acids is 1. The van der Waals surface area contributed by atoms with Gasteiger partial charge in [-0.1, -0.05) is 31.6 Å². The number of aromatic nitrogens is 3. The van der Waals surface area contributed by atoms with Crippen molar-refractivity contribution in [2.24, 2.45) is 7.05 Å². The average Bonchev–Trinajstić information content (AvgIpc) is 3.09. The summed E-state index contributed by atoms with van der Waals surface area (Å²) in [4.78, 5) is 17.2. The highest BCUT2D eigenvalue weighted by Crippen LogP contribution is 2.33. The number of rotatable bonds is 5. The van der Waals surface area contributed by atoms with Crippen LogP contribution in [0, 0.1) is 0 Å². The lowest BCUT2D eigenvalue weighted by Crippen LogP contribution is -2.32. The molecule has 3 aromatic rings. The molecule has 3 heterocycles. The van der Waals surface area contributed by atoms with Crippen molar-refractivity contribution in [3.8, 4) is 5.75 Å². The van der Waals surface area contributed by atoms with Gasteiger partial charge in [0, 0.05) is 25.2 Å². The maximum Gasteiger partial charge on any atom is 0.253 e. The first-order valence-electron chi connectivity index (χ1n) is 9.67. The molecule has 1 aliphatic rings. The van der Waals surface area contributed by atoms with Crippen LogP contribution >= 0.6 is 0 Å². The number of unbranched alkanes of at least 4 members (excludes halogenated alkanes) is 1. The Kier molecular flexibility index (Phi) is 5.10. The van der Waals surface area contributed by atoms with E-state index in [4.69, 9.17) is 4.74 Å². The second-order valence-electron chi connectivity index (χ2n) is 7.05. The number of amides is 1. The van der Waals surface area contributed by atoms with Crippen LogP contribution in [-0.2, 0) is 7.05 Å². The van der Waals surface area contributed by atoms with Crippen LogP contribution in [0.15, 0.2) is 42.7 Å². The van der Waals surface area contributed by atoms with Crippen LogP contribution in [0.2, 0.25) is 0 Å². The van der Waals surface area contributed by atoms with Gasteiger partial charge in [0.15, 0.2) is 0 Å². The molecule has 1 amide bonds. The van der Waals surface area contributed by atoms with Gasteiger partial charge in [0.25, 0.3) is 5.91 Å². The van der Waals surface area contributed by atoms with Crippen LogP contribution in [0.4, 0.5) is 0 Å². The van der Waals surface area contributed by atoms with E-state index in [0.717, 1.165) is 47.2 Å². The standard InChI is InChI=1S/C22H24N4O2/c1-3-4-5-6-15-7-8-21-17(11-15)18(9-10-28-21)25-22(27)16-12-20-19(23-13-16)14-24-26(20)2/h5-8,11-14,18H,3-4,9-10H2,1-2H3,(H,25,27)/b6-5+. The fourth-order valence-corrected chi connectivity index (χ4v) is 3.44. The molecule has 1 N–H and O–H groups in total. The molecular weight excluding hydrogens is 352 g/mol. The van der Waals surface area contributed by atoms with Crippen molar-refractivity contribution < 1.29 is 9.53 Å². The molecule has 0 aliphatic carbocycles. The summed E-state index contributed by atoms with van der Waals surface area (Å²) in [5.74, 6) is 0.699. The van der Waals surface area contributed by atoms with Crippen molar-refractivity contribution in [1.82, 2.24) is 20.1 Å². The Labute approximate surface area is 164 Å². The van der Waals surface area contributed by atoms with Crippen molar-refractivity contribution in [2.75, 3.05) is 6.61 Å². The van der Waals surface area contributed by atoms with Gasteiger partial charge in [-0.2, -0.15) is 5.10 Å². The van der Waals surface area contributed by atoms with Gasteiger partial charge >= 0.3 is 0 Å². The molecule has 2 aromatic heterocycles. The van der Waals surface area contributed by atoms with Crippen molar-refractivity contribution in [1.29, 1.82) is 0 Å². The minimum absolute atomic E-state index is 0.0852. The number of nitrogens with one attached hydrogen (secondary N) is 1. The van der Waals surface area contributed by atoms with Gasteiger partial charge in [-0.15, -0.1) is 0 Å².